The van der Waals surface area contributed by atoms with E-state index in [2.05, 4.69) is 22.3 Å². The van der Waals surface area contributed by atoms with Crippen molar-refractivity contribution in [2.45, 2.75) is 24.8 Å². The molecular weight excluding hydrogens is 232 g/mol. The Hall–Kier alpha value is -0.570. The molecule has 1 aromatic carbocycles. The lowest BCUT2D eigenvalue weighted by molar-refractivity contribution is 0.107. The van der Waals surface area contributed by atoms with E-state index in [4.69, 9.17) is 11.6 Å². The van der Waals surface area contributed by atoms with Crippen LogP contribution in [-0.4, -0.2) is 37.1 Å². The second kappa shape index (κ2) is 4.97. The Morgan fingerprint density at radius 3 is 2.82 bits per heavy atom. The summed E-state index contributed by atoms with van der Waals surface area (Å²) in [6.07, 6.45) is 2.63. The minimum Gasteiger partial charge on any atom is -0.314 e. The molecule has 0 aromatic heterocycles. The Kier molecular flexibility index (Phi) is 3.37. The molecule has 3 rings (SSSR count). The molecule has 0 radical (unpaired) electrons. The van der Waals surface area contributed by atoms with Gasteiger partial charge in [-0.25, -0.2) is 0 Å². The lowest BCUT2D eigenvalue weighted by Crippen LogP contribution is -2.54. The van der Waals surface area contributed by atoms with Crippen LogP contribution in [0.3, 0.4) is 0 Å². The molecule has 2 atom stereocenters. The maximum absolute atomic E-state index is 5.94. The summed E-state index contributed by atoms with van der Waals surface area (Å²) in [4.78, 5) is 2.65. The first-order valence-electron chi connectivity index (χ1n) is 6.53. The number of hydrogen-bond donors (Lipinski definition) is 1. The third-order valence-corrected chi connectivity index (χ3v) is 4.37. The van der Waals surface area contributed by atoms with Crippen molar-refractivity contribution >= 4 is 11.6 Å². The van der Waals surface area contributed by atoms with Crippen molar-refractivity contribution in [3.05, 3.63) is 34.9 Å². The van der Waals surface area contributed by atoms with Gasteiger partial charge in [0.25, 0.3) is 0 Å². The monoisotopic (exact) mass is 250 g/mol. The third-order valence-electron chi connectivity index (χ3n) is 4.12. The van der Waals surface area contributed by atoms with Crippen molar-refractivity contribution in [3.8, 4) is 0 Å². The highest BCUT2D eigenvalue weighted by molar-refractivity contribution is 6.30. The maximum atomic E-state index is 5.94. The van der Waals surface area contributed by atoms with Crippen LogP contribution in [0.5, 0.6) is 0 Å². The van der Waals surface area contributed by atoms with E-state index in [9.17, 15) is 0 Å². The summed E-state index contributed by atoms with van der Waals surface area (Å²) < 4.78 is 0. The van der Waals surface area contributed by atoms with Crippen molar-refractivity contribution in [2.75, 3.05) is 26.2 Å². The average molecular weight is 251 g/mol. The summed E-state index contributed by atoms with van der Waals surface area (Å²) in [5.74, 6) is 0.696. The second-order valence-electron chi connectivity index (χ2n) is 5.18. The number of fused-ring (bicyclic) bond motifs is 1. The number of rotatable bonds is 1. The zero-order valence-electron chi connectivity index (χ0n) is 10.0. The summed E-state index contributed by atoms with van der Waals surface area (Å²) >= 11 is 5.94. The number of halogens is 1. The Labute approximate surface area is 108 Å². The smallest absolute Gasteiger partial charge is 0.0406 e. The SMILES string of the molecule is Clc1ccc(C2CCC3CNCCN3C2)cc1. The van der Waals surface area contributed by atoms with Crippen LogP contribution in [-0.2, 0) is 0 Å². The van der Waals surface area contributed by atoms with E-state index in [1.165, 1.54) is 38.0 Å². The van der Waals surface area contributed by atoms with Gasteiger partial charge in [-0.05, 0) is 36.5 Å². The normalized spacial score (nSPS) is 29.9. The summed E-state index contributed by atoms with van der Waals surface area (Å²) in [6, 6.07) is 9.18. The standard InChI is InChI=1S/C14H19ClN2/c15-13-4-1-11(2-5-13)12-3-6-14-9-16-7-8-17(14)10-12/h1-2,4-5,12,14,16H,3,6-10H2. The number of piperazine rings is 1. The summed E-state index contributed by atoms with van der Waals surface area (Å²) in [5, 5.41) is 4.32. The zero-order chi connectivity index (χ0) is 11.7. The third kappa shape index (κ3) is 2.49. The van der Waals surface area contributed by atoms with Crippen LogP contribution in [0.4, 0.5) is 0 Å². The molecule has 0 amide bonds. The van der Waals surface area contributed by atoms with Gasteiger partial charge >= 0.3 is 0 Å². The lowest BCUT2D eigenvalue weighted by atomic mass is 9.86. The molecule has 2 fully saturated rings. The predicted octanol–water partition coefficient (Wildman–Crippen LogP) is 2.49. The van der Waals surface area contributed by atoms with Crippen LogP contribution in [0, 0.1) is 0 Å². The van der Waals surface area contributed by atoms with Gasteiger partial charge in [0.05, 0.1) is 0 Å². The van der Waals surface area contributed by atoms with Crippen LogP contribution in [0.25, 0.3) is 0 Å². The van der Waals surface area contributed by atoms with Gasteiger partial charge in [-0.15, -0.1) is 0 Å². The quantitative estimate of drug-likeness (QED) is 0.824. The van der Waals surface area contributed by atoms with Gasteiger partial charge in [0.1, 0.15) is 0 Å². The first-order valence-corrected chi connectivity index (χ1v) is 6.91. The molecule has 92 valence electrons. The van der Waals surface area contributed by atoms with Gasteiger partial charge in [-0.3, -0.25) is 4.90 Å². The predicted molar refractivity (Wildman–Crippen MR) is 71.7 cm³/mol. The topological polar surface area (TPSA) is 15.3 Å². The second-order valence-corrected chi connectivity index (χ2v) is 5.62. The molecule has 0 spiro atoms. The number of nitrogens with zero attached hydrogens (tertiary/aromatic N) is 1. The van der Waals surface area contributed by atoms with E-state index in [1.54, 1.807) is 0 Å². The molecule has 2 aliphatic rings. The number of nitrogens with one attached hydrogen (secondary N) is 1. The summed E-state index contributed by atoms with van der Waals surface area (Å²) in [6.45, 7) is 4.74. The first-order chi connectivity index (χ1) is 8.33. The fraction of sp³-hybridized carbons (Fsp3) is 0.571. The molecule has 3 heteroatoms. The van der Waals surface area contributed by atoms with Gasteiger partial charge in [0.15, 0.2) is 0 Å². The fourth-order valence-corrected chi connectivity index (χ4v) is 3.23. The van der Waals surface area contributed by atoms with Gasteiger partial charge < -0.3 is 5.32 Å². The zero-order valence-corrected chi connectivity index (χ0v) is 10.8. The molecule has 2 saturated heterocycles. The van der Waals surface area contributed by atoms with Crippen LogP contribution < -0.4 is 5.32 Å². The van der Waals surface area contributed by atoms with Crippen LogP contribution in [0.2, 0.25) is 5.02 Å². The molecule has 2 heterocycles. The van der Waals surface area contributed by atoms with Gasteiger partial charge in [-0.2, -0.15) is 0 Å². The minimum atomic E-state index is 0.696. The Morgan fingerprint density at radius 1 is 1.18 bits per heavy atom. The summed E-state index contributed by atoms with van der Waals surface area (Å²) in [5.41, 5.74) is 1.45. The van der Waals surface area contributed by atoms with Crippen LogP contribution in [0.1, 0.15) is 24.3 Å². The number of hydrogen-bond acceptors (Lipinski definition) is 2. The molecule has 2 nitrogen and oxygen atoms in total. The van der Waals surface area contributed by atoms with E-state index in [0.717, 1.165) is 17.6 Å². The largest absolute Gasteiger partial charge is 0.314 e. The maximum Gasteiger partial charge on any atom is 0.0406 e. The Morgan fingerprint density at radius 2 is 2.00 bits per heavy atom. The molecule has 2 aliphatic heterocycles. The Bertz CT molecular complexity index is 376. The molecule has 0 bridgehead atoms. The van der Waals surface area contributed by atoms with E-state index >= 15 is 0 Å². The van der Waals surface area contributed by atoms with Crippen molar-refractivity contribution in [3.63, 3.8) is 0 Å². The van der Waals surface area contributed by atoms with Crippen molar-refractivity contribution in [1.82, 2.24) is 10.2 Å². The molecule has 0 aliphatic carbocycles. The average Bonchev–Trinajstić information content (AvgIpc) is 2.39. The Balaban J connectivity index is 1.71. The molecule has 2 unspecified atom stereocenters. The van der Waals surface area contributed by atoms with Gasteiger partial charge in [0, 0.05) is 37.2 Å². The minimum absolute atomic E-state index is 0.696. The highest BCUT2D eigenvalue weighted by Gasteiger charge is 2.30. The highest BCUT2D eigenvalue weighted by Crippen LogP contribution is 2.31. The van der Waals surface area contributed by atoms with Crippen molar-refractivity contribution in [2.24, 2.45) is 0 Å². The molecule has 1 aromatic rings. The van der Waals surface area contributed by atoms with Crippen LogP contribution >= 0.6 is 11.6 Å². The lowest BCUT2D eigenvalue weighted by Gasteiger charge is -2.43. The molecular formula is C14H19ClN2. The van der Waals surface area contributed by atoms with Crippen molar-refractivity contribution in [1.29, 1.82) is 0 Å². The summed E-state index contributed by atoms with van der Waals surface area (Å²) in [7, 11) is 0. The van der Waals surface area contributed by atoms with E-state index in [-0.39, 0.29) is 0 Å². The van der Waals surface area contributed by atoms with Crippen LogP contribution in [0.15, 0.2) is 24.3 Å². The molecule has 1 N–H and O–H groups in total. The number of piperidine rings is 1. The van der Waals surface area contributed by atoms with Crippen molar-refractivity contribution < 1.29 is 0 Å². The van der Waals surface area contributed by atoms with Gasteiger partial charge in [0.2, 0.25) is 0 Å². The van der Waals surface area contributed by atoms with E-state index in [1.807, 2.05) is 12.1 Å². The molecule has 0 saturated carbocycles. The van der Waals surface area contributed by atoms with E-state index in [0.29, 0.717) is 5.92 Å². The fourth-order valence-electron chi connectivity index (χ4n) is 3.10. The van der Waals surface area contributed by atoms with Gasteiger partial charge in [-0.1, -0.05) is 23.7 Å². The number of benzene rings is 1. The van der Waals surface area contributed by atoms with E-state index < -0.39 is 0 Å². The first kappa shape index (κ1) is 11.5. The highest BCUT2D eigenvalue weighted by atomic mass is 35.5. The molecule has 17 heavy (non-hydrogen) atoms.